The van der Waals surface area contributed by atoms with Gasteiger partial charge in [-0.1, -0.05) is 72.3 Å². The Morgan fingerprint density at radius 2 is 1.55 bits per heavy atom. The van der Waals surface area contributed by atoms with Crippen molar-refractivity contribution in [1.29, 1.82) is 0 Å². The van der Waals surface area contributed by atoms with E-state index in [0.29, 0.717) is 11.4 Å². The molecule has 0 saturated heterocycles. The number of carbonyl (C=O) groups is 1. The number of aliphatic hydroxyl groups is 1. The van der Waals surface area contributed by atoms with Gasteiger partial charge in [-0.25, -0.2) is 4.79 Å². The van der Waals surface area contributed by atoms with Gasteiger partial charge in [0.25, 0.3) is 0 Å². The summed E-state index contributed by atoms with van der Waals surface area (Å²) in [4.78, 5) is 12.5. The number of fused-ring (bicyclic) bond motifs is 3. The van der Waals surface area contributed by atoms with Crippen LogP contribution in [0.15, 0.2) is 72.8 Å². The molecule has 1 aliphatic rings. The fourth-order valence-electron chi connectivity index (χ4n) is 3.93. The van der Waals surface area contributed by atoms with Gasteiger partial charge in [-0.3, -0.25) is 0 Å². The lowest BCUT2D eigenvalue weighted by Crippen LogP contribution is -2.30. The second-order valence-corrected chi connectivity index (χ2v) is 7.52. The molecule has 4 nitrogen and oxygen atoms in total. The molecule has 4 rings (SSSR count). The zero-order valence-corrected chi connectivity index (χ0v) is 16.6. The average molecular weight is 408 g/mol. The zero-order valence-electron chi connectivity index (χ0n) is 15.8. The van der Waals surface area contributed by atoms with Crippen LogP contribution in [0.4, 0.5) is 4.79 Å². The number of halogens is 1. The number of nitrogens with one attached hydrogen (secondary N) is 1. The van der Waals surface area contributed by atoms with E-state index in [9.17, 15) is 9.90 Å². The van der Waals surface area contributed by atoms with Crippen LogP contribution >= 0.6 is 11.6 Å². The molecule has 0 aromatic heterocycles. The lowest BCUT2D eigenvalue weighted by Gasteiger charge is -2.20. The molecule has 29 heavy (non-hydrogen) atoms. The van der Waals surface area contributed by atoms with E-state index in [4.69, 9.17) is 16.3 Å². The smallest absolute Gasteiger partial charge is 0.407 e. The van der Waals surface area contributed by atoms with Gasteiger partial charge in [-0.2, -0.15) is 0 Å². The van der Waals surface area contributed by atoms with Crippen LogP contribution in [0.25, 0.3) is 11.1 Å². The van der Waals surface area contributed by atoms with Crippen molar-refractivity contribution in [3.05, 3.63) is 94.5 Å². The first-order valence-corrected chi connectivity index (χ1v) is 10.0. The van der Waals surface area contributed by atoms with Gasteiger partial charge in [0.1, 0.15) is 6.61 Å². The molecule has 1 aliphatic carbocycles. The summed E-state index contributed by atoms with van der Waals surface area (Å²) in [7, 11) is 0. The third-order valence-electron chi connectivity index (χ3n) is 5.33. The first-order valence-electron chi connectivity index (χ1n) is 9.65. The molecule has 0 radical (unpaired) electrons. The SMILES string of the molecule is O=C(NC(CCO)c1ccc(Cl)cc1)OCC1c2ccccc2-c2ccccc21. The quantitative estimate of drug-likeness (QED) is 0.582. The van der Waals surface area contributed by atoms with Crippen molar-refractivity contribution in [2.75, 3.05) is 13.2 Å². The van der Waals surface area contributed by atoms with Crippen molar-refractivity contribution in [2.45, 2.75) is 18.4 Å². The highest BCUT2D eigenvalue weighted by molar-refractivity contribution is 6.30. The number of amides is 1. The Bertz CT molecular complexity index is 958. The van der Waals surface area contributed by atoms with Crippen LogP contribution in [0.1, 0.15) is 35.1 Å². The highest BCUT2D eigenvalue weighted by atomic mass is 35.5. The highest BCUT2D eigenvalue weighted by Crippen LogP contribution is 2.44. The van der Waals surface area contributed by atoms with Crippen molar-refractivity contribution in [1.82, 2.24) is 5.32 Å². The standard InChI is InChI=1S/C24H22ClNO3/c25-17-11-9-16(10-12-17)23(13-14-27)26-24(28)29-15-22-20-7-3-1-5-18(20)19-6-2-4-8-21(19)22/h1-12,22-23,27H,13-15H2,(H,26,28). The monoisotopic (exact) mass is 407 g/mol. The molecule has 0 spiro atoms. The topological polar surface area (TPSA) is 58.6 Å². The molecule has 0 fully saturated rings. The summed E-state index contributed by atoms with van der Waals surface area (Å²) in [5.74, 6) is 0.0139. The minimum atomic E-state index is -0.500. The van der Waals surface area contributed by atoms with E-state index in [1.165, 1.54) is 22.3 Å². The Morgan fingerprint density at radius 1 is 0.966 bits per heavy atom. The van der Waals surface area contributed by atoms with Crippen molar-refractivity contribution >= 4 is 17.7 Å². The van der Waals surface area contributed by atoms with Crippen LogP contribution in [0.2, 0.25) is 5.02 Å². The van der Waals surface area contributed by atoms with E-state index >= 15 is 0 Å². The predicted molar refractivity (Wildman–Crippen MR) is 114 cm³/mol. The number of ether oxygens (including phenoxy) is 1. The Hall–Kier alpha value is -2.82. The largest absolute Gasteiger partial charge is 0.449 e. The third-order valence-corrected chi connectivity index (χ3v) is 5.58. The molecule has 0 bridgehead atoms. The fourth-order valence-corrected chi connectivity index (χ4v) is 4.05. The van der Waals surface area contributed by atoms with E-state index in [1.807, 2.05) is 36.4 Å². The van der Waals surface area contributed by atoms with Crippen LogP contribution in [0.5, 0.6) is 0 Å². The molecule has 3 aromatic rings. The molecular formula is C24H22ClNO3. The van der Waals surface area contributed by atoms with Gasteiger partial charge in [0.2, 0.25) is 0 Å². The molecule has 1 unspecified atom stereocenters. The number of aliphatic hydroxyl groups excluding tert-OH is 1. The van der Waals surface area contributed by atoms with Crippen LogP contribution in [0.3, 0.4) is 0 Å². The first kappa shape index (κ1) is 19.5. The number of alkyl carbamates (subject to hydrolysis) is 1. The summed E-state index contributed by atoms with van der Waals surface area (Å²) in [5, 5.41) is 12.9. The van der Waals surface area contributed by atoms with Crippen LogP contribution < -0.4 is 5.32 Å². The summed E-state index contributed by atoms with van der Waals surface area (Å²) in [6.07, 6.45) is -0.105. The summed E-state index contributed by atoms with van der Waals surface area (Å²) in [5.41, 5.74) is 5.60. The molecule has 2 N–H and O–H groups in total. The predicted octanol–water partition coefficient (Wildman–Crippen LogP) is 5.30. The zero-order chi connectivity index (χ0) is 20.2. The van der Waals surface area contributed by atoms with Crippen LogP contribution in [-0.4, -0.2) is 24.4 Å². The molecule has 5 heteroatoms. The van der Waals surface area contributed by atoms with Gasteiger partial charge < -0.3 is 15.2 Å². The third kappa shape index (κ3) is 4.14. The van der Waals surface area contributed by atoms with Crippen molar-refractivity contribution in [2.24, 2.45) is 0 Å². The summed E-state index contributed by atoms with van der Waals surface area (Å²) in [6.45, 7) is 0.212. The number of hydrogen-bond donors (Lipinski definition) is 2. The maximum Gasteiger partial charge on any atom is 0.407 e. The molecule has 0 heterocycles. The minimum Gasteiger partial charge on any atom is -0.449 e. The summed E-state index contributed by atoms with van der Waals surface area (Å²) >= 11 is 5.94. The molecule has 3 aromatic carbocycles. The molecule has 1 amide bonds. The van der Waals surface area contributed by atoms with Gasteiger partial charge in [0.15, 0.2) is 0 Å². The van der Waals surface area contributed by atoms with E-state index in [2.05, 4.69) is 29.6 Å². The molecule has 1 atom stereocenters. The van der Waals surface area contributed by atoms with E-state index in [0.717, 1.165) is 5.56 Å². The average Bonchev–Trinajstić information content (AvgIpc) is 3.06. The highest BCUT2D eigenvalue weighted by Gasteiger charge is 2.29. The van der Waals surface area contributed by atoms with Gasteiger partial charge in [0.05, 0.1) is 6.04 Å². The Balaban J connectivity index is 1.46. The molecule has 0 aliphatic heterocycles. The lowest BCUT2D eigenvalue weighted by atomic mass is 9.98. The second-order valence-electron chi connectivity index (χ2n) is 7.09. The van der Waals surface area contributed by atoms with Crippen molar-refractivity contribution in [3.63, 3.8) is 0 Å². The summed E-state index contributed by atoms with van der Waals surface area (Å²) in [6, 6.07) is 23.3. The van der Waals surface area contributed by atoms with Gasteiger partial charge in [-0.15, -0.1) is 0 Å². The Morgan fingerprint density at radius 3 is 2.14 bits per heavy atom. The van der Waals surface area contributed by atoms with Crippen molar-refractivity contribution < 1.29 is 14.6 Å². The van der Waals surface area contributed by atoms with E-state index in [1.54, 1.807) is 12.1 Å². The Kier molecular flexibility index (Phi) is 5.84. The van der Waals surface area contributed by atoms with Crippen LogP contribution in [-0.2, 0) is 4.74 Å². The van der Waals surface area contributed by atoms with E-state index in [-0.39, 0.29) is 25.2 Å². The Labute approximate surface area is 175 Å². The lowest BCUT2D eigenvalue weighted by molar-refractivity contribution is 0.136. The second kappa shape index (κ2) is 8.68. The number of benzene rings is 3. The maximum atomic E-state index is 12.5. The summed E-state index contributed by atoms with van der Waals surface area (Å²) < 4.78 is 5.60. The minimum absolute atomic E-state index is 0.0139. The molecular weight excluding hydrogens is 386 g/mol. The normalized spacial score (nSPS) is 13.4. The van der Waals surface area contributed by atoms with Crippen molar-refractivity contribution in [3.8, 4) is 11.1 Å². The maximum absolute atomic E-state index is 12.5. The number of hydrogen-bond acceptors (Lipinski definition) is 3. The van der Waals surface area contributed by atoms with Gasteiger partial charge >= 0.3 is 6.09 Å². The van der Waals surface area contributed by atoms with E-state index < -0.39 is 6.09 Å². The molecule has 0 saturated carbocycles. The molecule has 148 valence electrons. The van der Waals surface area contributed by atoms with Crippen LogP contribution in [0, 0.1) is 0 Å². The fraction of sp³-hybridized carbons (Fsp3) is 0.208. The first-order chi connectivity index (χ1) is 14.2. The van der Waals surface area contributed by atoms with Gasteiger partial charge in [0, 0.05) is 17.5 Å². The number of carbonyl (C=O) groups excluding carboxylic acids is 1. The number of rotatable bonds is 6. The van der Waals surface area contributed by atoms with Gasteiger partial charge in [-0.05, 0) is 46.4 Å².